The maximum Gasteiger partial charge on any atom is 0.394 e. The van der Waals surface area contributed by atoms with Crippen molar-refractivity contribution in [2.75, 3.05) is 69.0 Å². The van der Waals surface area contributed by atoms with E-state index in [1.807, 2.05) is 27.7 Å². The van der Waals surface area contributed by atoms with E-state index in [2.05, 4.69) is 21.3 Å². The predicted octanol–water partition coefficient (Wildman–Crippen LogP) is 6.08. The lowest BCUT2D eigenvalue weighted by atomic mass is 9.78. The fraction of sp³-hybridized carbons (Fsp3) is 0.831. The molecule has 10 atom stereocenters. The summed E-state index contributed by atoms with van der Waals surface area (Å²) in [6.07, 6.45) is -8.17. The number of nitrogens with zero attached hydrogens (tertiary/aromatic N) is 7. The monoisotopic (exact) mass is 1330 g/mol. The molecule has 93 heavy (non-hydrogen) atoms. The first-order valence-electron chi connectivity index (χ1n) is 33.1. The summed E-state index contributed by atoms with van der Waals surface area (Å²) in [6, 6.07) is -8.47. The maximum atomic E-state index is 15.2. The van der Waals surface area contributed by atoms with Crippen molar-refractivity contribution >= 4 is 65.0 Å². The Labute approximate surface area is 546 Å². The van der Waals surface area contributed by atoms with Crippen LogP contribution in [0.4, 0.5) is 26.3 Å². The number of alkyl halides is 6. The van der Waals surface area contributed by atoms with Crippen molar-refractivity contribution in [2.45, 2.75) is 244 Å². The van der Waals surface area contributed by atoms with Crippen molar-refractivity contribution in [2.24, 2.45) is 35.5 Å². The average molecular weight is 1330 g/mol. The lowest BCUT2D eigenvalue weighted by Crippen LogP contribution is -2.63. The molecule has 0 aromatic rings. The second-order valence-corrected chi connectivity index (χ2v) is 28.3. The van der Waals surface area contributed by atoms with Gasteiger partial charge in [-0.15, -0.1) is 0 Å². The molecule has 2 aliphatic carbocycles. The first-order chi connectivity index (χ1) is 43.1. The van der Waals surface area contributed by atoms with E-state index in [-0.39, 0.29) is 87.9 Å². The highest BCUT2D eigenvalue weighted by Crippen LogP contribution is 2.43. The molecule has 0 radical (unpaired) electrons. The van der Waals surface area contributed by atoms with Gasteiger partial charge in [0.25, 0.3) is 0 Å². The van der Waals surface area contributed by atoms with E-state index in [1.54, 1.807) is 20.8 Å². The van der Waals surface area contributed by atoms with Crippen molar-refractivity contribution < 1.29 is 79.1 Å². The highest BCUT2D eigenvalue weighted by Gasteiger charge is 2.49. The molecule has 11 amide bonds. The van der Waals surface area contributed by atoms with Crippen molar-refractivity contribution in [3.63, 3.8) is 0 Å². The second kappa shape index (κ2) is 36.6. The lowest BCUT2D eigenvalue weighted by Gasteiger charge is -2.38. The molecule has 1 aliphatic heterocycles. The van der Waals surface area contributed by atoms with Crippen LogP contribution in [0.1, 0.15) is 178 Å². The number of hydrogen-bond donors (Lipinski definition) is 4. The molecule has 2 saturated carbocycles. The van der Waals surface area contributed by atoms with Crippen molar-refractivity contribution in [3.05, 3.63) is 0 Å². The van der Waals surface area contributed by atoms with Gasteiger partial charge in [-0.05, 0) is 127 Å². The number of amides is 11. The van der Waals surface area contributed by atoms with Crippen LogP contribution in [0.5, 0.6) is 0 Å². The van der Waals surface area contributed by atoms with E-state index in [1.165, 1.54) is 73.0 Å². The van der Waals surface area contributed by atoms with Crippen LogP contribution in [-0.2, 0) is 52.7 Å². The molecule has 532 valence electrons. The highest BCUT2D eigenvalue weighted by molar-refractivity contribution is 5.98. The molecular weight excluding hydrogens is 1220 g/mol. The lowest BCUT2D eigenvalue weighted by molar-refractivity contribution is -0.201. The molecule has 22 nitrogen and oxygen atoms in total. The van der Waals surface area contributed by atoms with Crippen LogP contribution in [0.25, 0.3) is 0 Å². The summed E-state index contributed by atoms with van der Waals surface area (Å²) < 4.78 is 83.1. The normalized spacial score (nSPS) is 27.8. The SMILES string of the molecule is CC(C)C[C@H]1C(=O)N[C@@H](C2CCCCC2)C(=O)N(C)CC(=O)N(C)CC(=O)N(C)[C@@H](CCCCC(F)F)C(=O)N(C)CC(=O)N[C@@H](CCC2CCC(C(F)(F)F)C(F)C2)C(=O)N(C)[C@@H](CC(C)C)C(=O)NC(C)(C)C(=O)N(C)[C@@H](CC(C)C)C(=O)N[C@H](C)CC(=O)N1C. The number of carbonyl (C=O) groups excluding carboxylic acids is 11. The Morgan fingerprint density at radius 3 is 1.59 bits per heavy atom. The Kier molecular flexibility index (Phi) is 31.9. The molecule has 4 N–H and O–H groups in total. The summed E-state index contributed by atoms with van der Waals surface area (Å²) in [4.78, 5) is 167. The Morgan fingerprint density at radius 2 is 1.05 bits per heavy atom. The van der Waals surface area contributed by atoms with Crippen LogP contribution in [0, 0.1) is 35.5 Å². The molecule has 0 spiro atoms. The quantitative estimate of drug-likeness (QED) is 0.108. The van der Waals surface area contributed by atoms with Crippen molar-refractivity contribution in [1.29, 1.82) is 0 Å². The van der Waals surface area contributed by atoms with Crippen LogP contribution in [-0.4, -0.2) is 235 Å². The fourth-order valence-electron chi connectivity index (χ4n) is 12.8. The smallest absolute Gasteiger partial charge is 0.351 e. The first-order valence-corrected chi connectivity index (χ1v) is 33.1. The second-order valence-electron chi connectivity index (χ2n) is 28.3. The predicted molar refractivity (Wildman–Crippen MR) is 338 cm³/mol. The molecule has 3 aliphatic rings. The standard InChI is InChI=1S/C65H109F6N11O11/c1-38(2)30-48-58(88)74-56(43-22-18-17-19-23-43)62(92)78(12)36-54(85)76(10)37-55(86)79(13)47(24-20-21-25-51(67)68)61(91)77(11)35-52(83)73-46(29-27-42-26-28-44(45(66)34-42)65(69,70)71)60(90)81(15)50(32-40(5)6)59(89)75-64(8,9)63(93)82(16)49(31-39(3)4)57(87)72-41(7)33-53(84)80(48)14/h38-51,56H,17-37H2,1-16H3,(H,72,87)(H,73,83)(H,74,88)(H,75,89)/t41-,42?,44?,45?,46+,47+,48+,49+,50+,56+/m1/s1. The average Bonchev–Trinajstić information content (AvgIpc) is 0.847. The van der Waals surface area contributed by atoms with Crippen molar-refractivity contribution in [3.8, 4) is 0 Å². The summed E-state index contributed by atoms with van der Waals surface area (Å²) in [6.45, 7) is 13.4. The molecule has 0 bridgehead atoms. The van der Waals surface area contributed by atoms with E-state index in [9.17, 15) is 74.7 Å². The summed E-state index contributed by atoms with van der Waals surface area (Å²) in [5.74, 6) is -11.8. The molecule has 3 fully saturated rings. The van der Waals surface area contributed by atoms with Crippen LogP contribution in [0.2, 0.25) is 0 Å². The molecule has 28 heteroatoms. The van der Waals surface area contributed by atoms with E-state index >= 15 is 4.39 Å². The third kappa shape index (κ3) is 24.8. The van der Waals surface area contributed by atoms with Crippen molar-refractivity contribution in [1.82, 2.24) is 55.6 Å². The van der Waals surface area contributed by atoms with E-state index in [0.717, 1.165) is 43.8 Å². The minimum Gasteiger partial charge on any atom is -0.351 e. The summed E-state index contributed by atoms with van der Waals surface area (Å²) in [5, 5.41) is 11.2. The summed E-state index contributed by atoms with van der Waals surface area (Å²) >= 11 is 0. The van der Waals surface area contributed by atoms with Gasteiger partial charge in [0.05, 0.1) is 25.6 Å². The van der Waals surface area contributed by atoms with Gasteiger partial charge in [-0.1, -0.05) is 67.2 Å². The summed E-state index contributed by atoms with van der Waals surface area (Å²) in [5.41, 5.74) is -1.76. The van der Waals surface area contributed by atoms with Crippen LogP contribution in [0.15, 0.2) is 0 Å². The van der Waals surface area contributed by atoms with Gasteiger partial charge in [-0.3, -0.25) is 52.7 Å². The molecule has 1 saturated heterocycles. The Morgan fingerprint density at radius 1 is 0.538 bits per heavy atom. The van der Waals surface area contributed by atoms with Gasteiger partial charge in [-0.2, -0.15) is 13.2 Å². The number of likely N-dealkylation sites (N-methyl/N-ethyl adjacent to an activating group) is 7. The molecule has 0 aromatic heterocycles. The highest BCUT2D eigenvalue weighted by atomic mass is 19.4. The van der Waals surface area contributed by atoms with E-state index < -0.39 is 182 Å². The number of rotatable bonds is 15. The van der Waals surface area contributed by atoms with E-state index in [4.69, 9.17) is 0 Å². The third-order valence-electron chi connectivity index (χ3n) is 18.4. The van der Waals surface area contributed by atoms with Gasteiger partial charge in [-0.25, -0.2) is 13.2 Å². The van der Waals surface area contributed by atoms with Crippen LogP contribution >= 0.6 is 0 Å². The van der Waals surface area contributed by atoms with Gasteiger partial charge < -0.3 is 55.6 Å². The number of hydrogen-bond acceptors (Lipinski definition) is 11. The minimum atomic E-state index is -4.78. The zero-order valence-electron chi connectivity index (χ0n) is 57.9. The first kappa shape index (κ1) is 81.0. The number of carbonyl (C=O) groups is 11. The molecule has 1 heterocycles. The van der Waals surface area contributed by atoms with Gasteiger partial charge in [0.15, 0.2) is 0 Å². The fourth-order valence-corrected chi connectivity index (χ4v) is 12.8. The number of halogens is 6. The molecule has 3 rings (SSSR count). The maximum absolute atomic E-state index is 15.2. The number of unbranched alkanes of at least 4 members (excludes halogenated alkanes) is 1. The van der Waals surface area contributed by atoms with E-state index in [0.29, 0.717) is 12.8 Å². The van der Waals surface area contributed by atoms with Crippen LogP contribution in [0.3, 0.4) is 0 Å². The summed E-state index contributed by atoms with van der Waals surface area (Å²) in [7, 11) is 9.31. The largest absolute Gasteiger partial charge is 0.394 e. The van der Waals surface area contributed by atoms with Gasteiger partial charge >= 0.3 is 6.18 Å². The van der Waals surface area contributed by atoms with Gasteiger partial charge in [0, 0.05) is 68.2 Å². The van der Waals surface area contributed by atoms with Gasteiger partial charge in [0.2, 0.25) is 71.4 Å². The number of nitrogens with one attached hydrogen (secondary N) is 4. The third-order valence-corrected chi connectivity index (χ3v) is 18.4. The topological polar surface area (TPSA) is 259 Å². The minimum absolute atomic E-state index is 0.00323. The van der Waals surface area contributed by atoms with Crippen LogP contribution < -0.4 is 21.3 Å². The molecular formula is C65H109F6N11O11. The van der Waals surface area contributed by atoms with Gasteiger partial charge in [0.1, 0.15) is 48.0 Å². The molecule has 3 unspecified atom stereocenters. The Bertz CT molecular complexity index is 2560. The zero-order valence-corrected chi connectivity index (χ0v) is 57.9. The Hall–Kier alpha value is -6.25. The zero-order chi connectivity index (χ0) is 70.7. The molecule has 0 aromatic carbocycles. The Balaban J connectivity index is 2.20.